The van der Waals surface area contributed by atoms with Gasteiger partial charge in [0.15, 0.2) is 5.71 Å². The van der Waals surface area contributed by atoms with Crippen LogP contribution in [0.15, 0.2) is 16.5 Å². The molecule has 0 aromatic heterocycles. The van der Waals surface area contributed by atoms with Crippen molar-refractivity contribution in [3.8, 4) is 0 Å². The lowest BCUT2D eigenvalue weighted by atomic mass is 10.4. The molecule has 0 atom stereocenters. The maximum absolute atomic E-state index is 11.6. The molecule has 0 heterocycles. The summed E-state index contributed by atoms with van der Waals surface area (Å²) in [6, 6.07) is 0. The van der Waals surface area contributed by atoms with E-state index in [1.54, 1.807) is 0 Å². The minimum Gasteiger partial charge on any atom is -0.547 e. The quantitative estimate of drug-likeness (QED) is 0.325. The third kappa shape index (κ3) is 6.19. The Morgan fingerprint density at radius 2 is 2.19 bits per heavy atom. The molecule has 0 amide bonds. The minimum absolute atomic E-state index is 0.0827. The van der Waals surface area contributed by atoms with Gasteiger partial charge in [-0.05, 0) is 18.8 Å². The SMILES string of the molecule is CCSC(=O)C(=NOC)C(Cl)=CO[Si](C)C. The Bertz CT molecular complexity index is 294. The zero-order valence-electron chi connectivity index (χ0n) is 9.74. The van der Waals surface area contributed by atoms with Crippen molar-refractivity contribution < 1.29 is 14.1 Å². The van der Waals surface area contributed by atoms with Crippen molar-refractivity contribution >= 4 is 43.2 Å². The fourth-order valence-corrected chi connectivity index (χ4v) is 1.89. The molecule has 91 valence electrons. The summed E-state index contributed by atoms with van der Waals surface area (Å²) in [5.41, 5.74) is 0.0827. The predicted molar refractivity (Wildman–Crippen MR) is 70.1 cm³/mol. The normalized spacial score (nSPS) is 12.9. The molecule has 0 aliphatic carbocycles. The highest BCUT2D eigenvalue weighted by atomic mass is 35.5. The van der Waals surface area contributed by atoms with E-state index in [-0.39, 0.29) is 15.9 Å². The van der Waals surface area contributed by atoms with Crippen LogP contribution in [0.4, 0.5) is 0 Å². The van der Waals surface area contributed by atoms with E-state index in [9.17, 15) is 4.79 Å². The van der Waals surface area contributed by atoms with Crippen molar-refractivity contribution in [2.45, 2.75) is 20.0 Å². The van der Waals surface area contributed by atoms with Crippen LogP contribution in [-0.2, 0) is 14.1 Å². The van der Waals surface area contributed by atoms with Crippen molar-refractivity contribution in [1.82, 2.24) is 0 Å². The molecule has 0 unspecified atom stereocenters. The van der Waals surface area contributed by atoms with E-state index >= 15 is 0 Å². The molecule has 4 nitrogen and oxygen atoms in total. The Hall–Kier alpha value is -0.463. The Labute approximate surface area is 107 Å². The van der Waals surface area contributed by atoms with E-state index in [0.29, 0.717) is 5.75 Å². The lowest BCUT2D eigenvalue weighted by Gasteiger charge is -2.05. The zero-order chi connectivity index (χ0) is 12.6. The van der Waals surface area contributed by atoms with Gasteiger partial charge in [0, 0.05) is 0 Å². The van der Waals surface area contributed by atoms with Gasteiger partial charge in [0.25, 0.3) is 9.04 Å². The number of hydrogen-bond acceptors (Lipinski definition) is 5. The summed E-state index contributed by atoms with van der Waals surface area (Å²) >= 11 is 7.03. The van der Waals surface area contributed by atoms with Crippen LogP contribution in [0.5, 0.6) is 0 Å². The number of allylic oxidation sites excluding steroid dienone is 1. The van der Waals surface area contributed by atoms with E-state index < -0.39 is 9.04 Å². The first-order valence-electron chi connectivity index (χ1n) is 4.64. The second kappa shape index (κ2) is 8.66. The van der Waals surface area contributed by atoms with Gasteiger partial charge in [0.1, 0.15) is 12.1 Å². The third-order valence-corrected chi connectivity index (χ3v) is 2.88. The molecular formula is C9H15ClNO3SSi. The number of halogens is 1. The standard InChI is InChI=1S/C9H15ClNO3SSi/c1-5-15-9(12)8(11-13-2)7(10)6-14-16(3)4/h6H,5H2,1-4H3. The number of hydrogen-bond donors (Lipinski definition) is 0. The van der Waals surface area contributed by atoms with E-state index in [1.807, 2.05) is 20.0 Å². The highest BCUT2D eigenvalue weighted by Gasteiger charge is 2.17. The smallest absolute Gasteiger partial charge is 0.273 e. The summed E-state index contributed by atoms with van der Waals surface area (Å²) in [5, 5.41) is 3.54. The third-order valence-electron chi connectivity index (χ3n) is 1.28. The summed E-state index contributed by atoms with van der Waals surface area (Å²) in [4.78, 5) is 16.2. The summed E-state index contributed by atoms with van der Waals surface area (Å²) in [5.74, 6) is 0.656. The van der Waals surface area contributed by atoms with Gasteiger partial charge in [-0.2, -0.15) is 0 Å². The largest absolute Gasteiger partial charge is 0.547 e. The second-order valence-electron chi connectivity index (χ2n) is 2.83. The van der Waals surface area contributed by atoms with Gasteiger partial charge in [0.05, 0.1) is 6.26 Å². The first kappa shape index (κ1) is 15.5. The fourth-order valence-electron chi connectivity index (χ4n) is 0.695. The first-order valence-corrected chi connectivity index (χ1v) is 8.41. The highest BCUT2D eigenvalue weighted by molar-refractivity contribution is 8.15. The lowest BCUT2D eigenvalue weighted by molar-refractivity contribution is -0.105. The molecule has 0 aromatic rings. The molecule has 0 N–H and O–H groups in total. The maximum atomic E-state index is 11.6. The second-order valence-corrected chi connectivity index (χ2v) is 6.53. The molecule has 0 aromatic carbocycles. The van der Waals surface area contributed by atoms with Crippen molar-refractivity contribution in [3.63, 3.8) is 0 Å². The Kier molecular flexibility index (Phi) is 8.41. The number of nitrogens with zero attached hydrogens (tertiary/aromatic N) is 1. The Morgan fingerprint density at radius 1 is 1.56 bits per heavy atom. The van der Waals surface area contributed by atoms with Crippen molar-refractivity contribution in [1.29, 1.82) is 0 Å². The minimum atomic E-state index is -0.890. The summed E-state index contributed by atoms with van der Waals surface area (Å²) < 4.78 is 5.27. The molecule has 0 saturated carbocycles. The van der Waals surface area contributed by atoms with E-state index in [4.69, 9.17) is 16.0 Å². The molecule has 0 bridgehead atoms. The Morgan fingerprint density at radius 3 is 2.62 bits per heavy atom. The average Bonchev–Trinajstić information content (AvgIpc) is 2.22. The van der Waals surface area contributed by atoms with Crippen LogP contribution in [0.1, 0.15) is 6.92 Å². The predicted octanol–water partition coefficient (Wildman–Crippen LogP) is 2.62. The van der Waals surface area contributed by atoms with E-state index in [0.717, 1.165) is 11.8 Å². The number of oxime groups is 1. The van der Waals surface area contributed by atoms with Gasteiger partial charge >= 0.3 is 0 Å². The maximum Gasteiger partial charge on any atom is 0.273 e. The molecule has 0 spiro atoms. The van der Waals surface area contributed by atoms with Crippen LogP contribution in [0.25, 0.3) is 0 Å². The van der Waals surface area contributed by atoms with Gasteiger partial charge in [-0.1, -0.05) is 35.4 Å². The van der Waals surface area contributed by atoms with Gasteiger partial charge in [0.2, 0.25) is 5.12 Å². The molecule has 7 heteroatoms. The van der Waals surface area contributed by atoms with E-state index in [2.05, 4.69) is 9.99 Å². The molecule has 1 radical (unpaired) electrons. The topological polar surface area (TPSA) is 47.9 Å². The molecule has 0 fully saturated rings. The van der Waals surface area contributed by atoms with E-state index in [1.165, 1.54) is 13.4 Å². The molecule has 0 saturated heterocycles. The fraction of sp³-hybridized carbons (Fsp3) is 0.556. The van der Waals surface area contributed by atoms with Gasteiger partial charge in [-0.15, -0.1) is 0 Å². The van der Waals surface area contributed by atoms with Crippen LogP contribution in [0, 0.1) is 0 Å². The van der Waals surface area contributed by atoms with Crippen LogP contribution in [0.2, 0.25) is 13.1 Å². The van der Waals surface area contributed by atoms with Gasteiger partial charge < -0.3 is 9.26 Å². The highest BCUT2D eigenvalue weighted by Crippen LogP contribution is 2.13. The molecular weight excluding hydrogens is 266 g/mol. The summed E-state index contributed by atoms with van der Waals surface area (Å²) in [6.45, 7) is 5.79. The average molecular weight is 281 g/mol. The van der Waals surface area contributed by atoms with Crippen LogP contribution in [-0.4, -0.2) is 32.7 Å². The summed E-state index contributed by atoms with van der Waals surface area (Å²) in [6.07, 6.45) is 1.35. The van der Waals surface area contributed by atoms with Gasteiger partial charge in [-0.3, -0.25) is 4.79 Å². The lowest BCUT2D eigenvalue weighted by Crippen LogP contribution is -2.13. The van der Waals surface area contributed by atoms with Gasteiger partial charge in [-0.25, -0.2) is 0 Å². The monoisotopic (exact) mass is 280 g/mol. The number of thioether (sulfide) groups is 1. The van der Waals surface area contributed by atoms with Crippen LogP contribution < -0.4 is 0 Å². The number of carbonyl (C=O) groups is 1. The molecule has 0 aliphatic rings. The van der Waals surface area contributed by atoms with Crippen molar-refractivity contribution in [2.75, 3.05) is 12.9 Å². The molecule has 16 heavy (non-hydrogen) atoms. The van der Waals surface area contributed by atoms with Crippen LogP contribution in [0.3, 0.4) is 0 Å². The molecule has 0 rings (SSSR count). The number of carbonyl (C=O) groups excluding carboxylic acids is 1. The van der Waals surface area contributed by atoms with Crippen molar-refractivity contribution in [2.24, 2.45) is 5.16 Å². The van der Waals surface area contributed by atoms with Crippen molar-refractivity contribution in [3.05, 3.63) is 11.3 Å². The van der Waals surface area contributed by atoms with Crippen LogP contribution >= 0.6 is 23.4 Å². The zero-order valence-corrected chi connectivity index (χ0v) is 12.3. The molecule has 0 aliphatic heterocycles. The Balaban J connectivity index is 4.72. The summed E-state index contributed by atoms with van der Waals surface area (Å²) in [7, 11) is 0.475. The number of rotatable bonds is 6. The first-order chi connectivity index (χ1) is 7.52.